The van der Waals surface area contributed by atoms with Crippen molar-refractivity contribution in [2.45, 2.75) is 13.3 Å². The lowest BCUT2D eigenvalue weighted by Gasteiger charge is -2.25. The largest absolute Gasteiger partial charge is 0.465 e. The van der Waals surface area contributed by atoms with Gasteiger partial charge in [-0.2, -0.15) is 5.26 Å². The smallest absolute Gasteiger partial charge is 0.320 e. The fourth-order valence-electron chi connectivity index (χ4n) is 2.67. The molecule has 0 N–H and O–H groups in total. The summed E-state index contributed by atoms with van der Waals surface area (Å²) in [6, 6.07) is 7.57. The molecule has 6 heteroatoms. The lowest BCUT2D eigenvalue weighted by molar-refractivity contribution is -0.144. The predicted octanol–water partition coefficient (Wildman–Crippen LogP) is 2.29. The van der Waals surface area contributed by atoms with E-state index in [0.29, 0.717) is 23.7 Å². The van der Waals surface area contributed by atoms with Crippen LogP contribution in [0.1, 0.15) is 18.9 Å². The Morgan fingerprint density at radius 2 is 2.18 bits per heavy atom. The van der Waals surface area contributed by atoms with Gasteiger partial charge in [-0.05, 0) is 25.5 Å². The molecular formula is C16H20ClN3O2. The Kier molecular flexibility index (Phi) is 6.05. The van der Waals surface area contributed by atoms with Crippen LogP contribution in [0.15, 0.2) is 18.2 Å². The van der Waals surface area contributed by atoms with E-state index in [1.54, 1.807) is 18.2 Å². The maximum atomic E-state index is 11.6. The first-order chi connectivity index (χ1) is 10.7. The summed E-state index contributed by atoms with van der Waals surface area (Å²) >= 11 is 6.28. The van der Waals surface area contributed by atoms with Gasteiger partial charge in [0.1, 0.15) is 6.07 Å². The average molecular weight is 322 g/mol. The second-order valence-corrected chi connectivity index (χ2v) is 5.58. The van der Waals surface area contributed by atoms with Crippen LogP contribution >= 0.6 is 11.6 Å². The van der Waals surface area contributed by atoms with Gasteiger partial charge in [-0.25, -0.2) is 0 Å². The molecule has 0 saturated carbocycles. The molecule has 0 aromatic heterocycles. The van der Waals surface area contributed by atoms with Crippen molar-refractivity contribution in [1.82, 2.24) is 4.90 Å². The predicted molar refractivity (Wildman–Crippen MR) is 86.1 cm³/mol. The van der Waals surface area contributed by atoms with E-state index >= 15 is 0 Å². The minimum atomic E-state index is -0.189. The molecule has 118 valence electrons. The third-order valence-corrected chi connectivity index (χ3v) is 3.98. The molecule has 0 aliphatic carbocycles. The van der Waals surface area contributed by atoms with E-state index in [2.05, 4.69) is 15.9 Å². The molecule has 1 aliphatic heterocycles. The zero-order valence-corrected chi connectivity index (χ0v) is 13.5. The fourth-order valence-corrected chi connectivity index (χ4v) is 2.96. The van der Waals surface area contributed by atoms with Gasteiger partial charge >= 0.3 is 5.97 Å². The third kappa shape index (κ3) is 4.12. The van der Waals surface area contributed by atoms with Gasteiger partial charge in [-0.1, -0.05) is 17.7 Å². The molecular weight excluding hydrogens is 302 g/mol. The summed E-state index contributed by atoms with van der Waals surface area (Å²) < 4.78 is 4.99. The molecule has 2 rings (SSSR count). The molecule has 0 bridgehead atoms. The van der Waals surface area contributed by atoms with Gasteiger partial charge in [0.15, 0.2) is 0 Å². The Morgan fingerprint density at radius 3 is 2.91 bits per heavy atom. The Hall–Kier alpha value is -1.77. The van der Waals surface area contributed by atoms with Crippen molar-refractivity contribution in [2.75, 3.05) is 44.2 Å². The standard InChI is InChI=1S/C16H20ClN3O2/c1-2-22-15(21)12-19-7-4-8-20(10-9-19)16-13(11-18)5-3-6-14(16)17/h3,5-6H,2,4,7-10,12H2,1H3. The average Bonchev–Trinajstić information content (AvgIpc) is 2.72. The summed E-state index contributed by atoms with van der Waals surface area (Å²) in [6.07, 6.45) is 0.912. The summed E-state index contributed by atoms with van der Waals surface area (Å²) in [5.41, 5.74) is 1.39. The van der Waals surface area contributed by atoms with E-state index in [9.17, 15) is 10.1 Å². The zero-order valence-electron chi connectivity index (χ0n) is 12.7. The molecule has 5 nitrogen and oxygen atoms in total. The molecule has 0 atom stereocenters. The summed E-state index contributed by atoms with van der Waals surface area (Å²) in [7, 11) is 0. The van der Waals surface area contributed by atoms with Gasteiger partial charge in [-0.15, -0.1) is 0 Å². The van der Waals surface area contributed by atoms with Crippen LogP contribution in [0.3, 0.4) is 0 Å². The summed E-state index contributed by atoms with van der Waals surface area (Å²) in [4.78, 5) is 15.8. The molecule has 1 aromatic carbocycles. The molecule has 1 fully saturated rings. The van der Waals surface area contributed by atoms with Crippen LogP contribution in [0.25, 0.3) is 0 Å². The minimum absolute atomic E-state index is 0.189. The van der Waals surface area contributed by atoms with Crippen LogP contribution in [-0.2, 0) is 9.53 Å². The van der Waals surface area contributed by atoms with Gasteiger partial charge in [0.05, 0.1) is 29.4 Å². The molecule has 1 heterocycles. The van der Waals surface area contributed by atoms with Crippen molar-refractivity contribution >= 4 is 23.3 Å². The van der Waals surface area contributed by atoms with Crippen LogP contribution in [0, 0.1) is 11.3 Å². The quantitative estimate of drug-likeness (QED) is 0.796. The lowest BCUT2D eigenvalue weighted by atomic mass is 10.1. The van der Waals surface area contributed by atoms with Crippen molar-refractivity contribution in [3.63, 3.8) is 0 Å². The number of carbonyl (C=O) groups is 1. The first-order valence-electron chi connectivity index (χ1n) is 7.47. The maximum Gasteiger partial charge on any atom is 0.320 e. The number of halogens is 1. The van der Waals surface area contributed by atoms with Crippen molar-refractivity contribution in [3.8, 4) is 6.07 Å². The van der Waals surface area contributed by atoms with Gasteiger partial charge < -0.3 is 9.64 Å². The first kappa shape index (κ1) is 16.6. The summed E-state index contributed by atoms with van der Waals surface area (Å²) in [5.74, 6) is -0.189. The van der Waals surface area contributed by atoms with Crippen molar-refractivity contribution in [1.29, 1.82) is 5.26 Å². The van der Waals surface area contributed by atoms with Crippen LogP contribution in [0.2, 0.25) is 5.02 Å². The normalized spacial score (nSPS) is 16.0. The van der Waals surface area contributed by atoms with Crippen molar-refractivity contribution < 1.29 is 9.53 Å². The second kappa shape index (κ2) is 8.02. The van der Waals surface area contributed by atoms with Crippen molar-refractivity contribution in [3.05, 3.63) is 28.8 Å². The number of anilines is 1. The minimum Gasteiger partial charge on any atom is -0.465 e. The third-order valence-electron chi connectivity index (χ3n) is 3.67. The Morgan fingerprint density at radius 1 is 1.36 bits per heavy atom. The first-order valence-corrected chi connectivity index (χ1v) is 7.85. The van der Waals surface area contributed by atoms with Gasteiger partial charge in [0.25, 0.3) is 0 Å². The Labute approximate surface area is 136 Å². The number of nitrogens with zero attached hydrogens (tertiary/aromatic N) is 3. The molecule has 1 saturated heterocycles. The SMILES string of the molecule is CCOC(=O)CN1CCCN(c2c(Cl)cccc2C#N)CC1. The molecule has 1 aromatic rings. The number of para-hydroxylation sites is 1. The number of nitriles is 1. The highest BCUT2D eigenvalue weighted by Gasteiger charge is 2.21. The number of ether oxygens (including phenoxy) is 1. The number of hydrogen-bond donors (Lipinski definition) is 0. The topological polar surface area (TPSA) is 56.6 Å². The van der Waals surface area contributed by atoms with Gasteiger partial charge in [0, 0.05) is 26.2 Å². The summed E-state index contributed by atoms with van der Waals surface area (Å²) in [6.45, 7) is 5.66. The van der Waals surface area contributed by atoms with E-state index < -0.39 is 0 Å². The molecule has 0 radical (unpaired) electrons. The van der Waals surface area contributed by atoms with Crippen LogP contribution < -0.4 is 4.90 Å². The molecule has 0 amide bonds. The van der Waals surface area contributed by atoms with Crippen LogP contribution in [-0.4, -0.2) is 50.2 Å². The summed E-state index contributed by atoms with van der Waals surface area (Å²) in [5, 5.41) is 9.86. The Balaban J connectivity index is 2.05. The highest BCUT2D eigenvalue weighted by molar-refractivity contribution is 6.33. The molecule has 22 heavy (non-hydrogen) atoms. The van der Waals surface area contributed by atoms with E-state index in [4.69, 9.17) is 16.3 Å². The van der Waals surface area contributed by atoms with Crippen LogP contribution in [0.4, 0.5) is 5.69 Å². The van der Waals surface area contributed by atoms with Crippen molar-refractivity contribution in [2.24, 2.45) is 0 Å². The monoisotopic (exact) mass is 321 g/mol. The van der Waals surface area contributed by atoms with Gasteiger partial charge in [-0.3, -0.25) is 9.69 Å². The molecule has 1 aliphatic rings. The molecule has 0 spiro atoms. The number of benzene rings is 1. The number of esters is 1. The second-order valence-electron chi connectivity index (χ2n) is 5.17. The van der Waals surface area contributed by atoms with E-state index in [0.717, 1.165) is 38.3 Å². The van der Waals surface area contributed by atoms with E-state index in [1.807, 2.05) is 6.92 Å². The maximum absolute atomic E-state index is 11.6. The Bertz CT molecular complexity index is 571. The number of hydrogen-bond acceptors (Lipinski definition) is 5. The van der Waals surface area contributed by atoms with E-state index in [-0.39, 0.29) is 5.97 Å². The molecule has 0 unspecified atom stereocenters. The lowest BCUT2D eigenvalue weighted by Crippen LogP contribution is -2.35. The van der Waals surface area contributed by atoms with E-state index in [1.165, 1.54) is 0 Å². The highest BCUT2D eigenvalue weighted by atomic mass is 35.5. The zero-order chi connectivity index (χ0) is 15.9. The number of carbonyl (C=O) groups excluding carboxylic acids is 1. The van der Waals surface area contributed by atoms with Gasteiger partial charge in [0.2, 0.25) is 0 Å². The highest BCUT2D eigenvalue weighted by Crippen LogP contribution is 2.30. The van der Waals surface area contributed by atoms with Crippen LogP contribution in [0.5, 0.6) is 0 Å². The number of rotatable bonds is 4. The fraction of sp³-hybridized carbons (Fsp3) is 0.500.